The highest BCUT2D eigenvalue weighted by Gasteiger charge is 2.16. The topological polar surface area (TPSA) is 32.3 Å². The summed E-state index contributed by atoms with van der Waals surface area (Å²) >= 11 is 12.3. The van der Waals surface area contributed by atoms with Crippen molar-refractivity contribution < 1.29 is 9.18 Å². The monoisotopic (exact) mass is 332 g/mol. The molecule has 1 saturated heterocycles. The molecule has 1 aromatic rings. The highest BCUT2D eigenvalue weighted by atomic mass is 35.5. The van der Waals surface area contributed by atoms with Crippen LogP contribution in [-0.2, 0) is 4.79 Å². The van der Waals surface area contributed by atoms with Crippen LogP contribution in [0.15, 0.2) is 18.2 Å². The molecule has 0 radical (unpaired) electrons. The van der Waals surface area contributed by atoms with Crippen LogP contribution in [-0.4, -0.2) is 34.0 Å². The van der Waals surface area contributed by atoms with Crippen LogP contribution < -0.4 is 5.32 Å². The number of carbonyl (C=O) groups is 1. The Bertz CT molecular complexity index is 521. The molecule has 1 N–H and O–H groups in total. The zero-order chi connectivity index (χ0) is 14.5. The van der Waals surface area contributed by atoms with Gasteiger partial charge >= 0.3 is 0 Å². The first-order valence-electron chi connectivity index (χ1n) is 6.23. The average Bonchev–Trinajstić information content (AvgIpc) is 2.94. The maximum Gasteiger partial charge on any atom is 0.234 e. The van der Waals surface area contributed by atoms with E-state index in [-0.39, 0.29) is 17.3 Å². The summed E-state index contributed by atoms with van der Waals surface area (Å²) in [5.74, 6) is -0.631. The van der Waals surface area contributed by atoms with Crippen LogP contribution in [0, 0.1) is 5.82 Å². The molecule has 0 saturated carbocycles. The van der Waals surface area contributed by atoms with E-state index < -0.39 is 5.82 Å². The highest BCUT2D eigenvalue weighted by Crippen LogP contribution is 2.20. The molecule has 1 amide bonds. The fraction of sp³-hybridized carbons (Fsp3) is 0.385. The molecule has 0 aliphatic carbocycles. The van der Waals surface area contributed by atoms with Crippen LogP contribution in [0.3, 0.4) is 0 Å². The summed E-state index contributed by atoms with van der Waals surface area (Å²) in [5, 5.41) is 2.88. The average molecular weight is 333 g/mol. The molecule has 0 atom stereocenters. The van der Waals surface area contributed by atoms with E-state index in [9.17, 15) is 9.18 Å². The van der Waals surface area contributed by atoms with Crippen molar-refractivity contribution in [2.75, 3.05) is 24.2 Å². The number of nitrogens with zero attached hydrogens (tertiary/aromatic N) is 1. The predicted molar refractivity (Wildman–Crippen MR) is 85.9 cm³/mol. The molecule has 0 unspecified atom stereocenters. The molecule has 0 spiro atoms. The maximum absolute atomic E-state index is 13.5. The van der Waals surface area contributed by atoms with Crippen LogP contribution >= 0.6 is 35.6 Å². The van der Waals surface area contributed by atoms with Gasteiger partial charge in [0.2, 0.25) is 5.91 Å². The molecule has 3 nitrogen and oxygen atoms in total. The third-order valence-electron chi connectivity index (χ3n) is 2.89. The Hall–Kier alpha value is -0.850. The molecule has 2 rings (SSSR count). The van der Waals surface area contributed by atoms with Gasteiger partial charge in [0.25, 0.3) is 0 Å². The van der Waals surface area contributed by atoms with E-state index in [1.54, 1.807) is 0 Å². The minimum absolute atomic E-state index is 0.0928. The van der Waals surface area contributed by atoms with E-state index in [0.29, 0.717) is 5.02 Å². The number of rotatable bonds is 3. The smallest absolute Gasteiger partial charge is 0.234 e. The molecule has 1 fully saturated rings. The van der Waals surface area contributed by atoms with Gasteiger partial charge < -0.3 is 10.2 Å². The number of amides is 1. The van der Waals surface area contributed by atoms with Gasteiger partial charge in [-0.3, -0.25) is 4.79 Å². The number of anilines is 1. The van der Waals surface area contributed by atoms with Gasteiger partial charge in [0, 0.05) is 18.1 Å². The largest absolute Gasteiger partial charge is 0.358 e. The van der Waals surface area contributed by atoms with Crippen molar-refractivity contribution in [2.45, 2.75) is 12.8 Å². The molecule has 108 valence electrons. The first-order chi connectivity index (χ1) is 9.56. The molecule has 20 heavy (non-hydrogen) atoms. The minimum atomic E-state index is -0.505. The lowest BCUT2D eigenvalue weighted by atomic mass is 10.3. The second kappa shape index (κ2) is 7.24. The summed E-state index contributed by atoms with van der Waals surface area (Å²) in [6, 6.07) is 4.04. The Morgan fingerprint density at radius 3 is 2.85 bits per heavy atom. The summed E-state index contributed by atoms with van der Waals surface area (Å²) in [6.07, 6.45) is 2.28. The zero-order valence-electron chi connectivity index (χ0n) is 10.7. The van der Waals surface area contributed by atoms with Crippen molar-refractivity contribution >= 4 is 51.5 Å². The van der Waals surface area contributed by atoms with Crippen LogP contribution in [0.1, 0.15) is 12.8 Å². The van der Waals surface area contributed by atoms with Crippen LogP contribution in [0.4, 0.5) is 10.1 Å². The molecule has 0 aromatic heterocycles. The van der Waals surface area contributed by atoms with E-state index in [2.05, 4.69) is 10.2 Å². The third kappa shape index (κ3) is 4.33. The van der Waals surface area contributed by atoms with Crippen molar-refractivity contribution in [3.8, 4) is 0 Å². The van der Waals surface area contributed by atoms with Crippen LogP contribution in [0.5, 0.6) is 0 Å². The van der Waals surface area contributed by atoms with Gasteiger partial charge in [-0.15, -0.1) is 0 Å². The number of nitrogens with one attached hydrogen (secondary N) is 1. The Morgan fingerprint density at radius 1 is 1.45 bits per heavy atom. The van der Waals surface area contributed by atoms with E-state index in [0.717, 1.165) is 30.3 Å². The fourth-order valence-corrected chi connectivity index (χ4v) is 3.12. The van der Waals surface area contributed by atoms with Gasteiger partial charge in [-0.1, -0.05) is 35.6 Å². The van der Waals surface area contributed by atoms with E-state index in [1.807, 2.05) is 0 Å². The number of hydrogen-bond donors (Lipinski definition) is 1. The minimum Gasteiger partial charge on any atom is -0.358 e. The van der Waals surface area contributed by atoms with E-state index in [4.69, 9.17) is 23.8 Å². The van der Waals surface area contributed by atoms with Gasteiger partial charge in [-0.25, -0.2) is 4.39 Å². The molecule has 1 aliphatic heterocycles. The SMILES string of the molecule is O=C(CSC(=S)N1CCCC1)Nc1cc(Cl)ccc1F. The lowest BCUT2D eigenvalue weighted by molar-refractivity contribution is -0.113. The van der Waals surface area contributed by atoms with Crippen molar-refractivity contribution in [2.24, 2.45) is 0 Å². The lowest BCUT2D eigenvalue weighted by Gasteiger charge is -2.17. The number of carbonyl (C=O) groups excluding carboxylic acids is 1. The Balaban J connectivity index is 1.83. The number of hydrogen-bond acceptors (Lipinski definition) is 3. The molecular formula is C13H14ClFN2OS2. The van der Waals surface area contributed by atoms with E-state index >= 15 is 0 Å². The van der Waals surface area contributed by atoms with Gasteiger partial charge in [0.1, 0.15) is 10.1 Å². The van der Waals surface area contributed by atoms with Gasteiger partial charge in [-0.2, -0.15) is 0 Å². The lowest BCUT2D eigenvalue weighted by Crippen LogP contribution is -2.25. The van der Waals surface area contributed by atoms with Crippen molar-refractivity contribution in [3.63, 3.8) is 0 Å². The van der Waals surface area contributed by atoms with Gasteiger partial charge in [0.15, 0.2) is 0 Å². The first-order valence-corrected chi connectivity index (χ1v) is 8.00. The number of halogens is 2. The number of likely N-dealkylation sites (tertiary alicyclic amines) is 1. The summed E-state index contributed by atoms with van der Waals surface area (Å²) in [5.41, 5.74) is 0.0928. The number of benzene rings is 1. The molecule has 1 aromatic carbocycles. The Labute approximate surface area is 131 Å². The summed E-state index contributed by atoms with van der Waals surface area (Å²) in [7, 11) is 0. The van der Waals surface area contributed by atoms with Crippen molar-refractivity contribution in [1.29, 1.82) is 0 Å². The first kappa shape index (κ1) is 15.5. The summed E-state index contributed by atoms with van der Waals surface area (Å²) in [4.78, 5) is 13.9. The van der Waals surface area contributed by atoms with Gasteiger partial charge in [0.05, 0.1) is 11.4 Å². The highest BCUT2D eigenvalue weighted by molar-refractivity contribution is 8.23. The number of thioether (sulfide) groups is 1. The predicted octanol–water partition coefficient (Wildman–Crippen LogP) is 3.53. The Morgan fingerprint density at radius 2 is 2.15 bits per heavy atom. The fourth-order valence-electron chi connectivity index (χ4n) is 1.90. The van der Waals surface area contributed by atoms with Crippen LogP contribution in [0.2, 0.25) is 5.02 Å². The molecule has 0 bridgehead atoms. The van der Waals surface area contributed by atoms with Crippen molar-refractivity contribution in [3.05, 3.63) is 29.0 Å². The molecule has 1 aliphatic rings. The third-order valence-corrected chi connectivity index (χ3v) is 4.65. The quantitative estimate of drug-likeness (QED) is 0.858. The molecule has 1 heterocycles. The Kier molecular flexibility index (Phi) is 5.63. The molecular weight excluding hydrogens is 319 g/mol. The molecule has 7 heteroatoms. The van der Waals surface area contributed by atoms with Gasteiger partial charge in [-0.05, 0) is 31.0 Å². The van der Waals surface area contributed by atoms with E-state index in [1.165, 1.54) is 30.0 Å². The summed E-state index contributed by atoms with van der Waals surface area (Å²) < 4.78 is 14.2. The van der Waals surface area contributed by atoms with Crippen molar-refractivity contribution in [1.82, 2.24) is 4.90 Å². The maximum atomic E-state index is 13.5. The second-order valence-electron chi connectivity index (χ2n) is 4.42. The second-order valence-corrected chi connectivity index (χ2v) is 6.47. The standard InChI is InChI=1S/C13H14ClFN2OS2/c14-9-3-4-10(15)11(7-9)16-12(18)8-20-13(19)17-5-1-2-6-17/h3-4,7H,1-2,5-6,8H2,(H,16,18). The zero-order valence-corrected chi connectivity index (χ0v) is 13.1. The number of thiocarbonyl (C=S) groups is 1. The normalized spacial score (nSPS) is 14.4. The van der Waals surface area contributed by atoms with Crippen LogP contribution in [0.25, 0.3) is 0 Å². The summed E-state index contributed by atoms with van der Waals surface area (Å²) in [6.45, 7) is 1.91.